The molecule has 0 saturated heterocycles. The second-order valence-corrected chi connectivity index (χ2v) is 8.55. The second kappa shape index (κ2) is 11.5. The summed E-state index contributed by atoms with van der Waals surface area (Å²) in [5.41, 5.74) is -2.26. The largest absolute Gasteiger partial charge is 0.457 e. The Morgan fingerprint density at radius 3 is 2.50 bits per heavy atom. The number of carbonyl (C=O) groups excluding carboxylic acids is 2. The smallest absolute Gasteiger partial charge is 0.326 e. The van der Waals surface area contributed by atoms with Crippen LogP contribution in [0, 0.1) is 5.82 Å². The van der Waals surface area contributed by atoms with Gasteiger partial charge in [0.15, 0.2) is 5.78 Å². The van der Waals surface area contributed by atoms with Gasteiger partial charge in [0.05, 0.1) is 5.69 Å². The molecular formula is C26H27F3N3O3P. The van der Waals surface area contributed by atoms with Gasteiger partial charge in [-0.2, -0.15) is 8.78 Å². The number of rotatable bonds is 5. The van der Waals surface area contributed by atoms with Crippen LogP contribution in [0.5, 0.6) is 11.5 Å². The molecule has 1 unspecified atom stereocenters. The van der Waals surface area contributed by atoms with Crippen LogP contribution in [0.3, 0.4) is 0 Å². The summed E-state index contributed by atoms with van der Waals surface area (Å²) in [7, 11) is 1.39. The molecule has 36 heavy (non-hydrogen) atoms. The molecule has 190 valence electrons. The number of nitrogens with zero attached hydrogens (tertiary/aromatic N) is 2. The first-order valence-corrected chi connectivity index (χ1v) is 12.0. The number of halogens is 3. The first-order chi connectivity index (χ1) is 17.1. The van der Waals surface area contributed by atoms with E-state index in [2.05, 4.69) is 10.3 Å². The number of hydrogen-bond acceptors (Lipinski definition) is 4. The van der Waals surface area contributed by atoms with Crippen molar-refractivity contribution >= 4 is 32.4 Å². The highest BCUT2D eigenvalue weighted by molar-refractivity contribution is 7.17. The molecule has 10 heteroatoms. The van der Waals surface area contributed by atoms with Crippen molar-refractivity contribution in [3.63, 3.8) is 0 Å². The molecule has 0 bridgehead atoms. The fourth-order valence-electron chi connectivity index (χ4n) is 3.66. The number of Topliss-reactive ketones (excluding diaryl/α,β-unsaturated/α-hetero) is 1. The summed E-state index contributed by atoms with van der Waals surface area (Å²) in [5, 5.41) is 2.40. The van der Waals surface area contributed by atoms with Gasteiger partial charge in [-0.05, 0) is 60.9 Å². The van der Waals surface area contributed by atoms with E-state index in [1.54, 1.807) is 30.3 Å². The molecule has 2 aromatic carbocycles. The van der Waals surface area contributed by atoms with Crippen LogP contribution >= 0.6 is 9.24 Å². The zero-order valence-electron chi connectivity index (χ0n) is 20.1. The Balaban J connectivity index is 0.00000176. The van der Waals surface area contributed by atoms with Gasteiger partial charge in [0.1, 0.15) is 23.0 Å². The maximum Gasteiger partial charge on any atom is 0.326 e. The van der Waals surface area contributed by atoms with Crippen molar-refractivity contribution in [1.82, 2.24) is 4.98 Å². The van der Waals surface area contributed by atoms with Gasteiger partial charge in [0.25, 0.3) is 5.66 Å². The number of hydrogen-bond donors (Lipinski definition) is 1. The predicted molar refractivity (Wildman–Crippen MR) is 137 cm³/mol. The van der Waals surface area contributed by atoms with Crippen LogP contribution in [0.2, 0.25) is 0 Å². The quantitative estimate of drug-likeness (QED) is 0.288. The fourth-order valence-corrected chi connectivity index (χ4v) is 3.84. The highest BCUT2D eigenvalue weighted by Gasteiger charge is 2.27. The summed E-state index contributed by atoms with van der Waals surface area (Å²) in [6.07, 6.45) is 2.83. The molecule has 2 heterocycles. The highest BCUT2D eigenvalue weighted by atomic mass is 31.0. The molecular weight excluding hydrogens is 490 g/mol. The average Bonchev–Trinajstić information content (AvgIpc) is 2.85. The molecule has 0 spiro atoms. The van der Waals surface area contributed by atoms with E-state index in [9.17, 15) is 22.8 Å². The summed E-state index contributed by atoms with van der Waals surface area (Å²) in [5.74, 6) is -0.0227. The number of fused-ring (bicyclic) bond motifs is 1. The maximum absolute atomic E-state index is 14.2. The van der Waals surface area contributed by atoms with Gasteiger partial charge in [-0.15, -0.1) is 0 Å². The van der Waals surface area contributed by atoms with Crippen molar-refractivity contribution < 1.29 is 27.5 Å². The Morgan fingerprint density at radius 2 is 1.81 bits per heavy atom. The number of aromatic nitrogens is 1. The number of aryl methyl sites for hydroxylation is 1. The molecule has 1 atom stereocenters. The molecule has 1 aliphatic heterocycles. The Kier molecular flexibility index (Phi) is 8.69. The standard InChI is InChI=1S/C24H21F3N3O3P.C2H6/c1-14(31)20-13-18(8-9-28-20)33-17-5-7-22-15(11-17)3-2-10-30(22)23(32)29-21-12-16(24(26,27)34)4-6-19(21)25;1-2/h4-9,11-13H,2-3,10,34H2,1H3,(H,29,32);1-2H3. The number of anilines is 2. The van der Waals surface area contributed by atoms with Crippen molar-refractivity contribution in [2.45, 2.75) is 39.3 Å². The number of benzene rings is 2. The lowest BCUT2D eigenvalue weighted by Gasteiger charge is -2.30. The van der Waals surface area contributed by atoms with Crippen molar-refractivity contribution in [1.29, 1.82) is 0 Å². The third-order valence-corrected chi connectivity index (χ3v) is 5.67. The normalized spacial score (nSPS) is 12.7. The van der Waals surface area contributed by atoms with Crippen molar-refractivity contribution in [2.75, 3.05) is 16.8 Å². The summed E-state index contributed by atoms with van der Waals surface area (Å²) < 4.78 is 47.2. The SMILES string of the molecule is CC.CC(=O)c1cc(Oc2ccc3c(c2)CCCN3C(=O)Nc2cc(C(F)(F)P)ccc2F)ccn1. The minimum Gasteiger partial charge on any atom is -0.457 e. The minimum atomic E-state index is -3.25. The van der Waals surface area contributed by atoms with E-state index in [-0.39, 0.29) is 17.2 Å². The molecule has 1 N–H and O–H groups in total. The minimum absolute atomic E-state index is 0.180. The molecule has 0 radical (unpaired) electrons. The zero-order chi connectivity index (χ0) is 26.5. The lowest BCUT2D eigenvalue weighted by atomic mass is 10.0. The number of amides is 2. The molecule has 1 aromatic heterocycles. The van der Waals surface area contributed by atoms with Crippen molar-refractivity contribution in [2.24, 2.45) is 0 Å². The van der Waals surface area contributed by atoms with E-state index in [4.69, 9.17) is 4.74 Å². The van der Waals surface area contributed by atoms with Crippen LogP contribution in [0.1, 0.15) is 48.8 Å². The van der Waals surface area contributed by atoms with E-state index in [0.717, 1.165) is 23.8 Å². The van der Waals surface area contributed by atoms with Crippen molar-refractivity contribution in [3.8, 4) is 11.5 Å². The highest BCUT2D eigenvalue weighted by Crippen LogP contribution is 2.37. The zero-order valence-corrected chi connectivity index (χ0v) is 21.3. The van der Waals surface area contributed by atoms with Gasteiger partial charge in [-0.25, -0.2) is 9.18 Å². The maximum atomic E-state index is 14.2. The summed E-state index contributed by atoms with van der Waals surface area (Å²) in [4.78, 5) is 29.9. The molecule has 4 rings (SSSR count). The van der Waals surface area contributed by atoms with Crippen LogP contribution in [-0.4, -0.2) is 23.3 Å². The monoisotopic (exact) mass is 517 g/mol. The first-order valence-electron chi connectivity index (χ1n) is 11.4. The molecule has 0 aliphatic carbocycles. The van der Waals surface area contributed by atoms with Crippen molar-refractivity contribution in [3.05, 3.63) is 77.4 Å². The van der Waals surface area contributed by atoms with E-state index < -0.39 is 23.1 Å². The molecule has 3 aromatic rings. The molecule has 0 fully saturated rings. The van der Waals surface area contributed by atoms with E-state index in [1.165, 1.54) is 27.3 Å². The van der Waals surface area contributed by atoms with Gasteiger partial charge in [0, 0.05) is 37.0 Å². The lowest BCUT2D eigenvalue weighted by molar-refractivity contribution is 0.101. The number of nitrogens with one attached hydrogen (secondary N) is 1. The Bertz CT molecular complexity index is 1260. The molecule has 6 nitrogen and oxygen atoms in total. The van der Waals surface area contributed by atoms with Crippen LogP contribution in [-0.2, 0) is 12.1 Å². The van der Waals surface area contributed by atoms with Gasteiger partial charge in [-0.1, -0.05) is 23.1 Å². The third kappa shape index (κ3) is 6.40. The lowest BCUT2D eigenvalue weighted by Crippen LogP contribution is -2.38. The number of ketones is 1. The Labute approximate surface area is 210 Å². The van der Waals surface area contributed by atoms with Gasteiger partial charge in [0.2, 0.25) is 0 Å². The van der Waals surface area contributed by atoms with Gasteiger partial charge >= 0.3 is 6.03 Å². The Morgan fingerprint density at radius 1 is 1.08 bits per heavy atom. The van der Waals surface area contributed by atoms with Crippen LogP contribution < -0.4 is 15.0 Å². The van der Waals surface area contributed by atoms with Gasteiger partial charge in [-0.3, -0.25) is 14.7 Å². The van der Waals surface area contributed by atoms with E-state index in [0.29, 0.717) is 36.6 Å². The number of carbonyl (C=O) groups is 2. The number of pyridine rings is 1. The number of alkyl halides is 2. The first kappa shape index (κ1) is 27.1. The topological polar surface area (TPSA) is 71.5 Å². The molecule has 0 saturated carbocycles. The summed E-state index contributed by atoms with van der Waals surface area (Å²) in [6.45, 7) is 5.80. The van der Waals surface area contributed by atoms with Gasteiger partial charge < -0.3 is 10.1 Å². The summed E-state index contributed by atoms with van der Waals surface area (Å²) >= 11 is 0. The second-order valence-electron chi connectivity index (χ2n) is 7.83. The summed E-state index contributed by atoms with van der Waals surface area (Å²) in [6, 6.07) is 10.5. The fraction of sp³-hybridized carbons (Fsp3) is 0.269. The molecule has 1 aliphatic rings. The van der Waals surface area contributed by atoms with Crippen LogP contribution in [0.15, 0.2) is 54.7 Å². The van der Waals surface area contributed by atoms with Crippen LogP contribution in [0.4, 0.5) is 29.3 Å². The Hall–Kier alpha value is -3.45. The van der Waals surface area contributed by atoms with E-state index in [1.807, 2.05) is 13.8 Å². The average molecular weight is 517 g/mol. The third-order valence-electron chi connectivity index (χ3n) is 5.34. The predicted octanol–water partition coefficient (Wildman–Crippen LogP) is 7.15. The number of ether oxygens (including phenoxy) is 1. The number of urea groups is 1. The van der Waals surface area contributed by atoms with E-state index >= 15 is 0 Å². The molecule has 2 amide bonds. The van der Waals surface area contributed by atoms with Crippen LogP contribution in [0.25, 0.3) is 0 Å².